The SMILES string of the molecule is COCC(C)(C)NS(=O)(=O)c1ccc(Cl)c(CN)c1. The molecule has 0 aromatic heterocycles. The van der Waals surface area contributed by atoms with E-state index in [1.165, 1.54) is 25.3 Å². The van der Waals surface area contributed by atoms with Crippen LogP contribution >= 0.6 is 11.6 Å². The third-order valence-electron chi connectivity index (χ3n) is 2.46. The first kappa shape index (κ1) is 16.4. The Bertz CT molecular complexity index is 544. The van der Waals surface area contributed by atoms with Crippen LogP contribution in [0.3, 0.4) is 0 Å². The Morgan fingerprint density at radius 3 is 2.58 bits per heavy atom. The minimum atomic E-state index is -3.63. The molecule has 0 spiro atoms. The van der Waals surface area contributed by atoms with Crippen LogP contribution in [0.15, 0.2) is 23.1 Å². The first-order chi connectivity index (χ1) is 8.72. The number of nitrogens with one attached hydrogen (secondary N) is 1. The molecule has 1 aromatic carbocycles. The number of hydrogen-bond donors (Lipinski definition) is 2. The first-order valence-corrected chi connectivity index (χ1v) is 7.59. The Morgan fingerprint density at radius 1 is 1.42 bits per heavy atom. The molecule has 0 heterocycles. The second-order valence-corrected chi connectivity index (χ2v) is 6.97. The van der Waals surface area contributed by atoms with Crippen molar-refractivity contribution in [2.75, 3.05) is 13.7 Å². The fourth-order valence-electron chi connectivity index (χ4n) is 1.69. The molecule has 0 atom stereocenters. The number of ether oxygens (including phenoxy) is 1. The van der Waals surface area contributed by atoms with Crippen molar-refractivity contribution in [1.82, 2.24) is 4.72 Å². The van der Waals surface area contributed by atoms with Crippen molar-refractivity contribution in [3.63, 3.8) is 0 Å². The van der Waals surface area contributed by atoms with Gasteiger partial charge >= 0.3 is 0 Å². The van der Waals surface area contributed by atoms with Gasteiger partial charge in [-0.3, -0.25) is 0 Å². The smallest absolute Gasteiger partial charge is 0.241 e. The van der Waals surface area contributed by atoms with Gasteiger partial charge in [0.2, 0.25) is 10.0 Å². The number of sulfonamides is 1. The van der Waals surface area contributed by atoms with Crippen molar-refractivity contribution >= 4 is 21.6 Å². The van der Waals surface area contributed by atoms with Crippen LogP contribution in [0.1, 0.15) is 19.4 Å². The monoisotopic (exact) mass is 306 g/mol. The zero-order chi connectivity index (χ0) is 14.7. The van der Waals surface area contributed by atoms with Crippen LogP contribution in [0.2, 0.25) is 5.02 Å². The fourth-order valence-corrected chi connectivity index (χ4v) is 3.33. The Labute approximate surface area is 119 Å². The lowest BCUT2D eigenvalue weighted by molar-refractivity contribution is 0.141. The molecular formula is C12H19ClN2O3S. The molecule has 0 radical (unpaired) electrons. The maximum absolute atomic E-state index is 12.3. The van der Waals surface area contributed by atoms with Crippen molar-refractivity contribution < 1.29 is 13.2 Å². The molecule has 3 N–H and O–H groups in total. The minimum absolute atomic E-state index is 0.140. The molecule has 0 aliphatic rings. The van der Waals surface area contributed by atoms with Crippen LogP contribution < -0.4 is 10.5 Å². The van der Waals surface area contributed by atoms with Crippen LogP contribution in [-0.4, -0.2) is 27.7 Å². The van der Waals surface area contributed by atoms with Gasteiger partial charge in [-0.15, -0.1) is 0 Å². The third-order valence-corrected chi connectivity index (χ3v) is 4.53. The molecule has 0 bridgehead atoms. The van der Waals surface area contributed by atoms with Crippen molar-refractivity contribution in [2.45, 2.75) is 30.8 Å². The summed E-state index contributed by atoms with van der Waals surface area (Å²) in [4.78, 5) is 0.140. The van der Waals surface area contributed by atoms with Crippen LogP contribution in [0, 0.1) is 0 Å². The van der Waals surface area contributed by atoms with E-state index in [9.17, 15) is 8.42 Å². The van der Waals surface area contributed by atoms with Gasteiger partial charge in [-0.05, 0) is 37.6 Å². The highest BCUT2D eigenvalue weighted by Gasteiger charge is 2.26. The molecule has 0 unspecified atom stereocenters. The summed E-state index contributed by atoms with van der Waals surface area (Å²) >= 11 is 5.91. The summed E-state index contributed by atoms with van der Waals surface area (Å²) in [5, 5.41) is 0.456. The van der Waals surface area contributed by atoms with Gasteiger partial charge in [-0.2, -0.15) is 0 Å². The van der Waals surface area contributed by atoms with Gasteiger partial charge in [0.15, 0.2) is 0 Å². The predicted molar refractivity (Wildman–Crippen MR) is 75.6 cm³/mol. The average Bonchev–Trinajstić information content (AvgIpc) is 2.27. The van der Waals surface area contributed by atoms with Crippen molar-refractivity contribution in [3.8, 4) is 0 Å². The molecule has 0 fully saturated rings. The standard InChI is InChI=1S/C12H19ClN2O3S/c1-12(2,8-18-3)15-19(16,17)10-4-5-11(13)9(6-10)7-14/h4-6,15H,7-8,14H2,1-3H3. The summed E-state index contributed by atoms with van der Waals surface area (Å²) < 4.78 is 32.1. The second-order valence-electron chi connectivity index (χ2n) is 4.88. The predicted octanol–water partition coefficient (Wildman–Crippen LogP) is 1.50. The minimum Gasteiger partial charge on any atom is -0.383 e. The Kier molecular flexibility index (Phi) is 5.34. The number of rotatable bonds is 6. The zero-order valence-electron chi connectivity index (χ0n) is 11.2. The van der Waals surface area contributed by atoms with E-state index in [0.29, 0.717) is 10.6 Å². The lowest BCUT2D eigenvalue weighted by atomic mass is 10.1. The summed E-state index contributed by atoms with van der Waals surface area (Å²) in [5.41, 5.74) is 5.41. The Balaban J connectivity index is 3.07. The molecule has 5 nitrogen and oxygen atoms in total. The quantitative estimate of drug-likeness (QED) is 0.834. The highest BCUT2D eigenvalue weighted by Crippen LogP contribution is 2.21. The molecule has 1 rings (SSSR count). The largest absolute Gasteiger partial charge is 0.383 e. The number of methoxy groups -OCH3 is 1. The number of halogens is 1. The number of hydrogen-bond acceptors (Lipinski definition) is 4. The van der Waals surface area contributed by atoms with E-state index in [0.717, 1.165) is 0 Å². The van der Waals surface area contributed by atoms with Gasteiger partial charge in [0.25, 0.3) is 0 Å². The lowest BCUT2D eigenvalue weighted by Gasteiger charge is -2.25. The molecule has 0 aliphatic carbocycles. The van der Waals surface area contributed by atoms with Crippen molar-refractivity contribution in [3.05, 3.63) is 28.8 Å². The van der Waals surface area contributed by atoms with Gasteiger partial charge in [0.1, 0.15) is 0 Å². The summed E-state index contributed by atoms with van der Waals surface area (Å²) in [6.45, 7) is 3.94. The topological polar surface area (TPSA) is 81.4 Å². The zero-order valence-corrected chi connectivity index (χ0v) is 12.8. The molecule has 1 aromatic rings. The Hall–Kier alpha value is -0.660. The van der Waals surface area contributed by atoms with Gasteiger partial charge in [-0.1, -0.05) is 11.6 Å². The van der Waals surface area contributed by atoms with Crippen LogP contribution in [-0.2, 0) is 21.3 Å². The van der Waals surface area contributed by atoms with E-state index in [1.807, 2.05) is 0 Å². The summed E-state index contributed by atoms with van der Waals surface area (Å²) in [6.07, 6.45) is 0. The molecule has 0 amide bonds. The normalized spacial score (nSPS) is 12.7. The van der Waals surface area contributed by atoms with E-state index in [2.05, 4.69) is 4.72 Å². The number of nitrogens with two attached hydrogens (primary N) is 1. The maximum atomic E-state index is 12.3. The maximum Gasteiger partial charge on any atom is 0.241 e. The summed E-state index contributed by atoms with van der Waals surface area (Å²) in [5.74, 6) is 0. The highest BCUT2D eigenvalue weighted by atomic mass is 35.5. The van der Waals surface area contributed by atoms with Crippen LogP contribution in [0.25, 0.3) is 0 Å². The van der Waals surface area contributed by atoms with E-state index < -0.39 is 15.6 Å². The van der Waals surface area contributed by atoms with Gasteiger partial charge < -0.3 is 10.5 Å². The molecule has 0 saturated heterocycles. The van der Waals surface area contributed by atoms with E-state index in [-0.39, 0.29) is 18.0 Å². The van der Waals surface area contributed by atoms with E-state index in [4.69, 9.17) is 22.1 Å². The Morgan fingerprint density at radius 2 is 2.05 bits per heavy atom. The molecule has 108 valence electrons. The first-order valence-electron chi connectivity index (χ1n) is 5.73. The van der Waals surface area contributed by atoms with E-state index >= 15 is 0 Å². The summed E-state index contributed by atoms with van der Waals surface area (Å²) in [7, 11) is -2.11. The number of benzene rings is 1. The molecule has 7 heteroatoms. The van der Waals surface area contributed by atoms with Gasteiger partial charge in [-0.25, -0.2) is 13.1 Å². The molecular weight excluding hydrogens is 288 g/mol. The van der Waals surface area contributed by atoms with Crippen LogP contribution in [0.5, 0.6) is 0 Å². The lowest BCUT2D eigenvalue weighted by Crippen LogP contribution is -2.46. The van der Waals surface area contributed by atoms with Crippen molar-refractivity contribution in [2.24, 2.45) is 5.73 Å². The van der Waals surface area contributed by atoms with Crippen LogP contribution in [0.4, 0.5) is 0 Å². The second kappa shape index (κ2) is 6.19. The fraction of sp³-hybridized carbons (Fsp3) is 0.500. The molecule has 0 aliphatic heterocycles. The van der Waals surface area contributed by atoms with Crippen molar-refractivity contribution in [1.29, 1.82) is 0 Å². The van der Waals surface area contributed by atoms with E-state index in [1.54, 1.807) is 13.8 Å². The van der Waals surface area contributed by atoms with Gasteiger partial charge in [0.05, 0.1) is 17.0 Å². The highest BCUT2D eigenvalue weighted by molar-refractivity contribution is 7.89. The third kappa shape index (κ3) is 4.43. The van der Waals surface area contributed by atoms with Gasteiger partial charge in [0, 0.05) is 18.7 Å². The molecule has 0 saturated carbocycles. The average molecular weight is 307 g/mol. The molecule has 19 heavy (non-hydrogen) atoms. The summed E-state index contributed by atoms with van der Waals surface area (Å²) in [6, 6.07) is 4.46.